The molecule has 2 fully saturated rings. The van der Waals surface area contributed by atoms with Crippen molar-refractivity contribution in [2.24, 2.45) is 0 Å². The lowest BCUT2D eigenvalue weighted by atomic mass is 10.1. The van der Waals surface area contributed by atoms with E-state index in [-0.39, 0.29) is 24.7 Å². The van der Waals surface area contributed by atoms with E-state index in [9.17, 15) is 19.2 Å². The number of carbonyl (C=O) groups is 4. The van der Waals surface area contributed by atoms with Crippen LogP contribution in [0.1, 0.15) is 31.8 Å². The van der Waals surface area contributed by atoms with Gasteiger partial charge in [-0.3, -0.25) is 0 Å². The maximum Gasteiger partial charge on any atom is 0.338 e. The summed E-state index contributed by atoms with van der Waals surface area (Å²) < 4.78 is 33.0. The van der Waals surface area contributed by atoms with Crippen LogP contribution in [0.5, 0.6) is 11.5 Å². The fourth-order valence-electron chi connectivity index (χ4n) is 4.21. The first-order valence-electron chi connectivity index (χ1n) is 11.7. The van der Waals surface area contributed by atoms with E-state index in [4.69, 9.17) is 28.4 Å². The largest absolute Gasteiger partial charge is 0.453 e. The molecule has 0 amide bonds. The lowest BCUT2D eigenvalue weighted by molar-refractivity contribution is -0.129. The first-order valence-corrected chi connectivity index (χ1v) is 11.7. The van der Waals surface area contributed by atoms with Crippen molar-refractivity contribution in [1.29, 1.82) is 0 Å². The van der Waals surface area contributed by atoms with E-state index in [1.807, 2.05) is 0 Å². The third kappa shape index (κ3) is 5.82. The summed E-state index contributed by atoms with van der Waals surface area (Å²) in [5, 5.41) is 0. The predicted octanol–water partition coefficient (Wildman–Crippen LogP) is 3.03. The maximum absolute atomic E-state index is 12.8. The van der Waals surface area contributed by atoms with Crippen LogP contribution in [0, 0.1) is 13.8 Å². The average molecular weight is 523 g/mol. The molecule has 0 spiro atoms. The van der Waals surface area contributed by atoms with Crippen LogP contribution in [0.15, 0.2) is 61.7 Å². The number of rotatable bonds is 8. The van der Waals surface area contributed by atoms with Crippen LogP contribution in [0.2, 0.25) is 0 Å². The van der Waals surface area contributed by atoms with Crippen LogP contribution in [-0.2, 0) is 28.5 Å². The van der Waals surface area contributed by atoms with Gasteiger partial charge in [0.25, 0.3) is 0 Å². The highest BCUT2D eigenvalue weighted by molar-refractivity contribution is 5.92. The van der Waals surface area contributed by atoms with Gasteiger partial charge in [0, 0.05) is 12.2 Å². The predicted molar refractivity (Wildman–Crippen MR) is 132 cm³/mol. The Bertz CT molecular complexity index is 1200. The molecule has 4 atom stereocenters. The van der Waals surface area contributed by atoms with Gasteiger partial charge in [-0.15, -0.1) is 0 Å². The Balaban J connectivity index is 1.35. The zero-order valence-corrected chi connectivity index (χ0v) is 20.8. The highest BCUT2D eigenvalue weighted by atomic mass is 16.7. The second kappa shape index (κ2) is 11.4. The fraction of sp³-hybridized carbons (Fsp3) is 0.286. The monoisotopic (exact) mass is 522 g/mol. The standard InChI is InChI=1S/C28H26O10/c1-5-23(29)35-17-7-9-19(15(3)11-17)27(31)37-21-13-33-26-22(14-34-25(21)26)38-28(32)20-10-8-18(12-16(20)4)36-24(30)6-2/h5-12,21-22,25-26H,1-2,13-14H2,3-4H3/t21-,22-,25+,26+/m1/s1. The van der Waals surface area contributed by atoms with Crippen LogP contribution in [0.4, 0.5) is 0 Å². The minimum atomic E-state index is -0.700. The summed E-state index contributed by atoms with van der Waals surface area (Å²) in [6.45, 7) is 10.2. The highest BCUT2D eigenvalue weighted by Crippen LogP contribution is 2.32. The van der Waals surface area contributed by atoms with Gasteiger partial charge in [0.15, 0.2) is 12.2 Å². The van der Waals surface area contributed by atoms with Gasteiger partial charge >= 0.3 is 23.9 Å². The number of benzene rings is 2. The number of carbonyl (C=O) groups excluding carboxylic acids is 4. The lowest BCUT2D eigenvalue weighted by Gasteiger charge is -2.18. The zero-order chi connectivity index (χ0) is 27.4. The molecule has 2 saturated heterocycles. The number of aryl methyl sites for hydroxylation is 2. The minimum absolute atomic E-state index is 0.0750. The lowest BCUT2D eigenvalue weighted by Crippen LogP contribution is -2.36. The second-order valence-electron chi connectivity index (χ2n) is 8.69. The SMILES string of the molecule is C=CC(=O)Oc1ccc(C(=O)O[C@@H]2CO[C@@H]3[C@H]2OC[C@H]3OC(=O)c2ccc(OC(=O)C=C)cc2C)c(C)c1. The maximum atomic E-state index is 12.8. The molecule has 2 aromatic carbocycles. The van der Waals surface area contributed by atoms with Crippen molar-refractivity contribution in [3.63, 3.8) is 0 Å². The van der Waals surface area contributed by atoms with E-state index in [2.05, 4.69) is 13.2 Å². The van der Waals surface area contributed by atoms with E-state index in [0.29, 0.717) is 22.3 Å². The van der Waals surface area contributed by atoms with Crippen molar-refractivity contribution < 1.29 is 47.6 Å². The summed E-state index contributed by atoms with van der Waals surface area (Å²) in [6, 6.07) is 9.07. The summed E-state index contributed by atoms with van der Waals surface area (Å²) >= 11 is 0. The molecular weight excluding hydrogens is 496 g/mol. The van der Waals surface area contributed by atoms with Crippen LogP contribution < -0.4 is 9.47 Å². The Morgan fingerprint density at radius 1 is 0.737 bits per heavy atom. The second-order valence-corrected chi connectivity index (χ2v) is 8.69. The molecule has 4 rings (SSSR count). The van der Waals surface area contributed by atoms with Gasteiger partial charge in [0.2, 0.25) is 0 Å². The third-order valence-electron chi connectivity index (χ3n) is 6.09. The van der Waals surface area contributed by atoms with E-state index in [1.54, 1.807) is 26.0 Å². The van der Waals surface area contributed by atoms with Gasteiger partial charge in [-0.05, 0) is 61.4 Å². The molecule has 2 aromatic rings. The molecule has 10 heteroatoms. The molecule has 2 aliphatic heterocycles. The Labute approximate surface area is 218 Å². The van der Waals surface area contributed by atoms with Gasteiger partial charge < -0.3 is 28.4 Å². The average Bonchev–Trinajstić information content (AvgIpc) is 3.47. The Hall–Kier alpha value is -4.28. The van der Waals surface area contributed by atoms with Gasteiger partial charge in [0.05, 0.1) is 24.3 Å². The topological polar surface area (TPSA) is 124 Å². The van der Waals surface area contributed by atoms with Crippen molar-refractivity contribution >= 4 is 23.9 Å². The molecule has 0 unspecified atom stereocenters. The summed E-state index contributed by atoms with van der Waals surface area (Å²) in [5.41, 5.74) is 1.70. The molecule has 0 aliphatic carbocycles. The molecular formula is C28H26O10. The normalized spacial score (nSPS) is 21.6. The smallest absolute Gasteiger partial charge is 0.338 e. The third-order valence-corrected chi connectivity index (χ3v) is 6.09. The number of ether oxygens (including phenoxy) is 6. The van der Waals surface area contributed by atoms with Crippen molar-refractivity contribution in [2.45, 2.75) is 38.3 Å². The van der Waals surface area contributed by atoms with Gasteiger partial charge in [-0.1, -0.05) is 13.2 Å². The number of esters is 4. The zero-order valence-electron chi connectivity index (χ0n) is 20.8. The van der Waals surface area contributed by atoms with Crippen molar-refractivity contribution in [2.75, 3.05) is 13.2 Å². The Kier molecular flexibility index (Phi) is 8.04. The Morgan fingerprint density at radius 2 is 1.13 bits per heavy atom. The van der Waals surface area contributed by atoms with E-state index >= 15 is 0 Å². The molecule has 0 saturated carbocycles. The summed E-state index contributed by atoms with van der Waals surface area (Å²) in [5.74, 6) is -1.84. The molecule has 0 N–H and O–H groups in total. The van der Waals surface area contributed by atoms with Gasteiger partial charge in [-0.2, -0.15) is 0 Å². The first kappa shape index (κ1) is 26.8. The van der Waals surface area contributed by atoms with Gasteiger partial charge in [0.1, 0.15) is 23.7 Å². The minimum Gasteiger partial charge on any atom is -0.453 e. The molecule has 10 nitrogen and oxygen atoms in total. The summed E-state index contributed by atoms with van der Waals surface area (Å²) in [4.78, 5) is 48.4. The molecule has 0 bridgehead atoms. The van der Waals surface area contributed by atoms with E-state index < -0.39 is 48.3 Å². The molecule has 38 heavy (non-hydrogen) atoms. The molecule has 0 radical (unpaired) electrons. The quantitative estimate of drug-likeness (QED) is 0.290. The van der Waals surface area contributed by atoms with Crippen LogP contribution in [0.25, 0.3) is 0 Å². The number of hydrogen-bond acceptors (Lipinski definition) is 10. The highest BCUT2D eigenvalue weighted by Gasteiger charge is 2.51. The summed E-state index contributed by atoms with van der Waals surface area (Å²) in [7, 11) is 0. The molecule has 0 aromatic heterocycles. The fourth-order valence-corrected chi connectivity index (χ4v) is 4.21. The van der Waals surface area contributed by atoms with E-state index in [0.717, 1.165) is 12.2 Å². The first-order chi connectivity index (χ1) is 18.2. The Morgan fingerprint density at radius 3 is 1.47 bits per heavy atom. The van der Waals surface area contributed by atoms with E-state index in [1.165, 1.54) is 24.3 Å². The summed E-state index contributed by atoms with van der Waals surface area (Å²) in [6.07, 6.45) is -0.524. The van der Waals surface area contributed by atoms with Crippen molar-refractivity contribution in [3.05, 3.63) is 84.0 Å². The molecule has 198 valence electrons. The molecule has 2 aliphatic rings. The van der Waals surface area contributed by atoms with Gasteiger partial charge in [-0.25, -0.2) is 19.2 Å². The van der Waals surface area contributed by atoms with Crippen LogP contribution in [0.3, 0.4) is 0 Å². The number of fused-ring (bicyclic) bond motifs is 1. The van der Waals surface area contributed by atoms with Crippen molar-refractivity contribution in [3.8, 4) is 11.5 Å². The van der Waals surface area contributed by atoms with Crippen LogP contribution >= 0.6 is 0 Å². The molecule has 2 heterocycles. The van der Waals surface area contributed by atoms with Crippen LogP contribution in [-0.4, -0.2) is 61.5 Å². The van der Waals surface area contributed by atoms with Crippen molar-refractivity contribution in [1.82, 2.24) is 0 Å². The number of hydrogen-bond donors (Lipinski definition) is 0.